The third-order valence-corrected chi connectivity index (χ3v) is 5.69. The van der Waals surface area contributed by atoms with Gasteiger partial charge >= 0.3 is 0 Å². The highest BCUT2D eigenvalue weighted by atomic mass is 32.1. The Hall–Kier alpha value is -2.71. The molecule has 0 spiro atoms. The first kappa shape index (κ1) is 18.6. The highest BCUT2D eigenvalue weighted by molar-refractivity contribution is 7.71. The third-order valence-electron chi connectivity index (χ3n) is 4.38. The summed E-state index contributed by atoms with van der Waals surface area (Å²) in [6.07, 6.45) is -2.83. The van der Waals surface area contributed by atoms with Crippen LogP contribution in [0.3, 0.4) is 0 Å². The first-order valence-electron chi connectivity index (χ1n) is 8.47. The largest absolute Gasteiger partial charge is 0.298 e. The average molecular weight is 415 g/mol. The highest BCUT2D eigenvalue weighted by Crippen LogP contribution is 2.33. The number of rotatable bonds is 3. The SMILES string of the molecule is Cc1cccc(-n2c(=S)[nH]c(=O)c3c(C(F)F)cc(-c4ccc(C)s4)nc32)c1. The maximum atomic E-state index is 13.9. The Balaban J connectivity index is 2.17. The van der Waals surface area contributed by atoms with Crippen molar-refractivity contribution in [1.82, 2.24) is 14.5 Å². The van der Waals surface area contributed by atoms with Gasteiger partial charge in [-0.05, 0) is 62.0 Å². The van der Waals surface area contributed by atoms with Gasteiger partial charge in [0, 0.05) is 10.4 Å². The zero-order valence-corrected chi connectivity index (χ0v) is 16.6. The van der Waals surface area contributed by atoms with Gasteiger partial charge in [-0.3, -0.25) is 14.3 Å². The molecular weight excluding hydrogens is 400 g/mol. The van der Waals surface area contributed by atoms with E-state index >= 15 is 0 Å². The lowest BCUT2D eigenvalue weighted by molar-refractivity contribution is 0.153. The standard InChI is InChI=1S/C20H15F2N3OS2/c1-10-4-3-5-12(8-10)25-18-16(19(26)24-20(25)27)13(17(21)22)9-14(23-18)15-7-6-11(2)28-15/h3-9,17H,1-2H3,(H,24,26,27). The van der Waals surface area contributed by atoms with Crippen LogP contribution in [0.25, 0.3) is 27.3 Å². The van der Waals surface area contributed by atoms with Crippen LogP contribution in [-0.4, -0.2) is 14.5 Å². The second-order valence-corrected chi connectivity index (χ2v) is 8.11. The molecule has 3 aromatic heterocycles. The summed E-state index contributed by atoms with van der Waals surface area (Å²) in [7, 11) is 0. The summed E-state index contributed by atoms with van der Waals surface area (Å²) >= 11 is 6.80. The van der Waals surface area contributed by atoms with Gasteiger partial charge in [0.1, 0.15) is 0 Å². The summed E-state index contributed by atoms with van der Waals surface area (Å²) in [5, 5.41) is -0.151. The topological polar surface area (TPSA) is 50.7 Å². The molecule has 0 radical (unpaired) electrons. The van der Waals surface area contributed by atoms with Crippen LogP contribution in [0.5, 0.6) is 0 Å². The van der Waals surface area contributed by atoms with E-state index in [0.29, 0.717) is 11.4 Å². The predicted molar refractivity (Wildman–Crippen MR) is 110 cm³/mol. The lowest BCUT2D eigenvalue weighted by Gasteiger charge is -2.14. The molecule has 0 saturated carbocycles. The van der Waals surface area contributed by atoms with Crippen molar-refractivity contribution in [3.8, 4) is 16.3 Å². The lowest BCUT2D eigenvalue weighted by Crippen LogP contribution is -2.17. The molecule has 0 atom stereocenters. The van der Waals surface area contributed by atoms with Gasteiger partial charge in [0.15, 0.2) is 10.4 Å². The first-order chi connectivity index (χ1) is 13.3. The summed E-state index contributed by atoms with van der Waals surface area (Å²) < 4.78 is 29.4. The summed E-state index contributed by atoms with van der Waals surface area (Å²) in [5.74, 6) is 0. The Bertz CT molecular complexity index is 1320. The Morgan fingerprint density at radius 3 is 2.61 bits per heavy atom. The van der Waals surface area contributed by atoms with Crippen LogP contribution in [0.1, 0.15) is 22.4 Å². The average Bonchev–Trinajstić information content (AvgIpc) is 3.07. The number of aromatic amines is 1. The molecule has 3 heterocycles. The van der Waals surface area contributed by atoms with Crippen LogP contribution in [-0.2, 0) is 0 Å². The Kier molecular flexibility index (Phi) is 4.68. The molecule has 28 heavy (non-hydrogen) atoms. The molecule has 4 nitrogen and oxygen atoms in total. The minimum atomic E-state index is -2.83. The van der Waals surface area contributed by atoms with E-state index < -0.39 is 12.0 Å². The van der Waals surface area contributed by atoms with Crippen molar-refractivity contribution in [1.29, 1.82) is 0 Å². The van der Waals surface area contributed by atoms with Crippen molar-refractivity contribution in [2.24, 2.45) is 0 Å². The van der Waals surface area contributed by atoms with Gasteiger partial charge < -0.3 is 0 Å². The van der Waals surface area contributed by atoms with Crippen molar-refractivity contribution in [2.75, 3.05) is 0 Å². The van der Waals surface area contributed by atoms with Crippen molar-refractivity contribution in [3.05, 3.63) is 73.6 Å². The number of benzene rings is 1. The number of nitrogens with zero attached hydrogens (tertiary/aromatic N) is 2. The summed E-state index contributed by atoms with van der Waals surface area (Å²) in [5.41, 5.74) is 1.11. The maximum absolute atomic E-state index is 13.9. The van der Waals surface area contributed by atoms with Crippen LogP contribution < -0.4 is 5.56 Å². The van der Waals surface area contributed by atoms with E-state index in [0.717, 1.165) is 15.3 Å². The number of aromatic nitrogens is 3. The van der Waals surface area contributed by atoms with Gasteiger partial charge in [0.2, 0.25) is 0 Å². The Morgan fingerprint density at radius 1 is 1.18 bits per heavy atom. The van der Waals surface area contributed by atoms with E-state index in [1.165, 1.54) is 22.0 Å². The number of halogens is 2. The second-order valence-electron chi connectivity index (χ2n) is 6.44. The van der Waals surface area contributed by atoms with E-state index in [1.807, 2.05) is 44.2 Å². The molecule has 1 aromatic carbocycles. The zero-order valence-electron chi connectivity index (χ0n) is 15.0. The fourth-order valence-electron chi connectivity index (χ4n) is 3.13. The molecule has 0 amide bonds. The third kappa shape index (κ3) is 3.18. The van der Waals surface area contributed by atoms with Crippen molar-refractivity contribution in [2.45, 2.75) is 20.3 Å². The lowest BCUT2D eigenvalue weighted by atomic mass is 10.1. The molecule has 8 heteroatoms. The van der Waals surface area contributed by atoms with Crippen LogP contribution in [0.2, 0.25) is 0 Å². The summed E-state index contributed by atoms with van der Waals surface area (Å²) in [4.78, 5) is 21.4. The summed E-state index contributed by atoms with van der Waals surface area (Å²) in [6, 6.07) is 12.4. The molecule has 0 aliphatic heterocycles. The Morgan fingerprint density at radius 2 is 1.96 bits per heavy atom. The van der Waals surface area contributed by atoms with E-state index in [2.05, 4.69) is 9.97 Å². The van der Waals surface area contributed by atoms with Crippen molar-refractivity contribution in [3.63, 3.8) is 0 Å². The van der Waals surface area contributed by atoms with E-state index in [9.17, 15) is 13.6 Å². The Labute approximate surface area is 168 Å². The second kappa shape index (κ2) is 7.03. The van der Waals surface area contributed by atoms with E-state index in [-0.39, 0.29) is 21.4 Å². The molecule has 4 rings (SSSR count). The minimum absolute atomic E-state index is 0.107. The van der Waals surface area contributed by atoms with Crippen LogP contribution in [0, 0.1) is 18.6 Å². The number of aryl methyl sites for hydroxylation is 2. The number of fused-ring (bicyclic) bond motifs is 1. The summed E-state index contributed by atoms with van der Waals surface area (Å²) in [6.45, 7) is 3.85. The van der Waals surface area contributed by atoms with E-state index in [1.54, 1.807) is 6.07 Å². The van der Waals surface area contributed by atoms with Gasteiger partial charge in [-0.15, -0.1) is 11.3 Å². The molecule has 0 aliphatic carbocycles. The molecule has 1 N–H and O–H groups in total. The van der Waals surface area contributed by atoms with Crippen molar-refractivity contribution >= 4 is 34.6 Å². The number of alkyl halides is 2. The fourth-order valence-corrected chi connectivity index (χ4v) is 4.25. The first-order valence-corrected chi connectivity index (χ1v) is 9.69. The fraction of sp³-hybridized carbons (Fsp3) is 0.150. The van der Waals surface area contributed by atoms with Crippen molar-refractivity contribution < 1.29 is 8.78 Å². The predicted octanol–water partition coefficient (Wildman–Crippen LogP) is 5.73. The van der Waals surface area contributed by atoms with Gasteiger partial charge in [0.05, 0.1) is 21.6 Å². The molecule has 0 saturated heterocycles. The number of nitrogens with one attached hydrogen (secondary N) is 1. The zero-order chi connectivity index (χ0) is 20.0. The molecule has 0 aliphatic rings. The van der Waals surface area contributed by atoms with Gasteiger partial charge in [-0.2, -0.15) is 0 Å². The quantitative estimate of drug-likeness (QED) is 0.435. The number of hydrogen-bond acceptors (Lipinski definition) is 4. The van der Waals surface area contributed by atoms with Crippen LogP contribution >= 0.6 is 23.6 Å². The molecule has 142 valence electrons. The monoisotopic (exact) mass is 415 g/mol. The molecular formula is C20H15F2N3OS2. The number of H-pyrrole nitrogens is 1. The molecule has 0 unspecified atom stereocenters. The van der Waals surface area contributed by atoms with Gasteiger partial charge in [0.25, 0.3) is 12.0 Å². The maximum Gasteiger partial charge on any atom is 0.264 e. The number of pyridine rings is 1. The number of hydrogen-bond donors (Lipinski definition) is 1. The minimum Gasteiger partial charge on any atom is -0.298 e. The number of thiophene rings is 1. The van der Waals surface area contributed by atoms with E-state index in [4.69, 9.17) is 12.2 Å². The molecule has 0 bridgehead atoms. The molecule has 4 aromatic rings. The normalized spacial score (nSPS) is 11.5. The van der Waals surface area contributed by atoms with Crippen LogP contribution in [0.4, 0.5) is 8.78 Å². The van der Waals surface area contributed by atoms with Gasteiger partial charge in [-0.1, -0.05) is 12.1 Å². The van der Waals surface area contributed by atoms with Gasteiger partial charge in [-0.25, -0.2) is 13.8 Å². The smallest absolute Gasteiger partial charge is 0.264 e. The highest BCUT2D eigenvalue weighted by Gasteiger charge is 2.21. The van der Waals surface area contributed by atoms with Crippen LogP contribution in [0.15, 0.2) is 47.3 Å². The molecule has 0 fully saturated rings.